The summed E-state index contributed by atoms with van der Waals surface area (Å²) >= 11 is 3.24. The molecular weight excluding hydrogens is 311 g/mol. The van der Waals surface area contributed by atoms with Gasteiger partial charge in [-0.2, -0.15) is 0 Å². The maximum atomic E-state index is 13.8. The molecule has 0 bridgehead atoms. The fourth-order valence-electron chi connectivity index (χ4n) is 1.84. The third-order valence-corrected chi connectivity index (χ3v) is 3.54. The highest BCUT2D eigenvalue weighted by Crippen LogP contribution is 2.21. The van der Waals surface area contributed by atoms with Crippen molar-refractivity contribution in [3.8, 4) is 0 Å². The van der Waals surface area contributed by atoms with Gasteiger partial charge in [0.15, 0.2) is 0 Å². The Labute approximate surface area is 122 Å². The predicted octanol–water partition coefficient (Wildman–Crippen LogP) is 3.00. The molecule has 0 aliphatic carbocycles. The molecule has 0 fully saturated rings. The number of hydrogen-bond acceptors (Lipinski definition) is 2. The van der Waals surface area contributed by atoms with Gasteiger partial charge in [-0.05, 0) is 62.0 Å². The van der Waals surface area contributed by atoms with Gasteiger partial charge in [-0.25, -0.2) is 4.39 Å². The predicted molar refractivity (Wildman–Crippen MR) is 78.8 cm³/mol. The highest BCUT2D eigenvalue weighted by Gasteiger charge is 2.20. The Bertz CT molecular complexity index is 417. The van der Waals surface area contributed by atoms with Crippen LogP contribution >= 0.6 is 15.9 Å². The SMILES string of the molecule is CCN(CCCN(C)C)C(=O)c1c(F)cccc1Br. The Morgan fingerprint density at radius 1 is 1.32 bits per heavy atom. The van der Waals surface area contributed by atoms with Crippen molar-refractivity contribution in [2.75, 3.05) is 33.7 Å². The molecule has 0 heterocycles. The number of hydrogen-bond donors (Lipinski definition) is 0. The van der Waals surface area contributed by atoms with E-state index in [0.29, 0.717) is 17.6 Å². The fraction of sp³-hybridized carbons (Fsp3) is 0.500. The van der Waals surface area contributed by atoms with E-state index in [1.54, 1.807) is 17.0 Å². The van der Waals surface area contributed by atoms with Crippen molar-refractivity contribution in [3.05, 3.63) is 34.1 Å². The highest BCUT2D eigenvalue weighted by molar-refractivity contribution is 9.10. The Hall–Kier alpha value is -0.940. The molecule has 1 amide bonds. The van der Waals surface area contributed by atoms with Gasteiger partial charge in [0.05, 0.1) is 5.56 Å². The van der Waals surface area contributed by atoms with Gasteiger partial charge < -0.3 is 9.80 Å². The van der Waals surface area contributed by atoms with Gasteiger partial charge in [-0.15, -0.1) is 0 Å². The molecule has 0 unspecified atom stereocenters. The number of halogens is 2. The van der Waals surface area contributed by atoms with Crippen molar-refractivity contribution in [1.29, 1.82) is 0 Å². The summed E-state index contributed by atoms with van der Waals surface area (Å²) in [4.78, 5) is 16.1. The van der Waals surface area contributed by atoms with Gasteiger partial charge in [-0.3, -0.25) is 4.79 Å². The Balaban J connectivity index is 2.78. The van der Waals surface area contributed by atoms with Crippen molar-refractivity contribution >= 4 is 21.8 Å². The molecule has 0 atom stereocenters. The van der Waals surface area contributed by atoms with Crippen LogP contribution < -0.4 is 0 Å². The highest BCUT2D eigenvalue weighted by atomic mass is 79.9. The van der Waals surface area contributed by atoms with Crippen LogP contribution in [0.25, 0.3) is 0 Å². The van der Waals surface area contributed by atoms with E-state index in [4.69, 9.17) is 0 Å². The van der Waals surface area contributed by atoms with E-state index in [9.17, 15) is 9.18 Å². The monoisotopic (exact) mass is 330 g/mol. The normalized spacial score (nSPS) is 10.8. The zero-order chi connectivity index (χ0) is 14.4. The Morgan fingerprint density at radius 2 is 2.00 bits per heavy atom. The van der Waals surface area contributed by atoms with Crippen molar-refractivity contribution < 1.29 is 9.18 Å². The minimum atomic E-state index is -0.481. The van der Waals surface area contributed by atoms with Crippen molar-refractivity contribution in [3.63, 3.8) is 0 Å². The summed E-state index contributed by atoms with van der Waals surface area (Å²) in [6, 6.07) is 4.58. The molecule has 0 radical (unpaired) electrons. The van der Waals surface area contributed by atoms with E-state index in [2.05, 4.69) is 20.8 Å². The number of amides is 1. The molecule has 1 aromatic rings. The van der Waals surface area contributed by atoms with E-state index in [1.807, 2.05) is 21.0 Å². The lowest BCUT2D eigenvalue weighted by atomic mass is 10.2. The van der Waals surface area contributed by atoms with Crippen LogP contribution in [0.5, 0.6) is 0 Å². The van der Waals surface area contributed by atoms with E-state index in [1.165, 1.54) is 6.07 Å². The van der Waals surface area contributed by atoms with Gasteiger partial charge in [0.2, 0.25) is 0 Å². The molecule has 0 aliphatic rings. The van der Waals surface area contributed by atoms with Gasteiger partial charge in [0, 0.05) is 17.6 Å². The maximum Gasteiger partial charge on any atom is 0.257 e. The average Bonchev–Trinajstić information content (AvgIpc) is 2.34. The lowest BCUT2D eigenvalue weighted by Crippen LogP contribution is -2.34. The summed E-state index contributed by atoms with van der Waals surface area (Å²) in [5, 5.41) is 0. The molecule has 1 rings (SSSR count). The molecule has 0 aromatic heterocycles. The lowest BCUT2D eigenvalue weighted by Gasteiger charge is -2.22. The topological polar surface area (TPSA) is 23.6 Å². The van der Waals surface area contributed by atoms with Gasteiger partial charge in [0.1, 0.15) is 5.82 Å². The van der Waals surface area contributed by atoms with Crippen LogP contribution in [0.3, 0.4) is 0 Å². The Morgan fingerprint density at radius 3 is 2.53 bits per heavy atom. The van der Waals surface area contributed by atoms with E-state index >= 15 is 0 Å². The Kier molecular flexibility index (Phi) is 6.45. The van der Waals surface area contributed by atoms with Crippen LogP contribution in [0.1, 0.15) is 23.7 Å². The first-order chi connectivity index (χ1) is 8.97. The summed E-state index contributed by atoms with van der Waals surface area (Å²) in [5.74, 6) is -0.739. The first-order valence-electron chi connectivity index (χ1n) is 6.35. The first-order valence-corrected chi connectivity index (χ1v) is 7.14. The van der Waals surface area contributed by atoms with Crippen LogP contribution in [-0.2, 0) is 0 Å². The summed E-state index contributed by atoms with van der Waals surface area (Å²) < 4.78 is 14.3. The average molecular weight is 331 g/mol. The molecular formula is C14H20BrFN2O. The minimum Gasteiger partial charge on any atom is -0.339 e. The second kappa shape index (κ2) is 7.60. The molecule has 5 heteroatoms. The zero-order valence-corrected chi connectivity index (χ0v) is 13.2. The number of carbonyl (C=O) groups is 1. The zero-order valence-electron chi connectivity index (χ0n) is 11.6. The van der Waals surface area contributed by atoms with Crippen LogP contribution in [0.4, 0.5) is 4.39 Å². The van der Waals surface area contributed by atoms with Gasteiger partial charge >= 0.3 is 0 Å². The van der Waals surface area contributed by atoms with Gasteiger partial charge in [0.25, 0.3) is 5.91 Å². The summed E-state index contributed by atoms with van der Waals surface area (Å²) in [6.07, 6.45) is 0.874. The first kappa shape index (κ1) is 16.1. The van der Waals surface area contributed by atoms with Gasteiger partial charge in [-0.1, -0.05) is 6.07 Å². The number of carbonyl (C=O) groups excluding carboxylic acids is 1. The summed E-state index contributed by atoms with van der Waals surface area (Å²) in [5.41, 5.74) is 0.120. The maximum absolute atomic E-state index is 13.8. The molecule has 0 aliphatic heterocycles. The summed E-state index contributed by atoms with van der Waals surface area (Å²) in [6.45, 7) is 4.02. The molecule has 0 N–H and O–H groups in total. The quantitative estimate of drug-likeness (QED) is 0.800. The molecule has 0 saturated heterocycles. The van der Waals surface area contributed by atoms with Crippen LogP contribution in [0.15, 0.2) is 22.7 Å². The summed E-state index contributed by atoms with van der Waals surface area (Å²) in [7, 11) is 3.98. The van der Waals surface area contributed by atoms with E-state index < -0.39 is 5.82 Å². The van der Waals surface area contributed by atoms with Crippen LogP contribution in [0, 0.1) is 5.82 Å². The van der Waals surface area contributed by atoms with Crippen molar-refractivity contribution in [2.45, 2.75) is 13.3 Å². The third kappa shape index (κ3) is 4.58. The smallest absolute Gasteiger partial charge is 0.257 e. The molecule has 0 saturated carbocycles. The molecule has 106 valence electrons. The lowest BCUT2D eigenvalue weighted by molar-refractivity contribution is 0.0753. The second-order valence-corrected chi connectivity index (χ2v) is 5.49. The van der Waals surface area contributed by atoms with E-state index in [0.717, 1.165) is 13.0 Å². The fourth-order valence-corrected chi connectivity index (χ4v) is 2.35. The molecule has 3 nitrogen and oxygen atoms in total. The van der Waals surface area contributed by atoms with E-state index in [-0.39, 0.29) is 11.5 Å². The molecule has 1 aromatic carbocycles. The third-order valence-electron chi connectivity index (χ3n) is 2.88. The van der Waals surface area contributed by atoms with Crippen LogP contribution in [0.2, 0.25) is 0 Å². The minimum absolute atomic E-state index is 0.120. The largest absolute Gasteiger partial charge is 0.339 e. The number of benzene rings is 1. The van der Waals surface area contributed by atoms with Crippen LogP contribution in [-0.4, -0.2) is 49.4 Å². The molecule has 19 heavy (non-hydrogen) atoms. The number of nitrogens with zero attached hydrogens (tertiary/aromatic N) is 2. The van der Waals surface area contributed by atoms with Crippen molar-refractivity contribution in [1.82, 2.24) is 9.80 Å². The standard InChI is InChI=1S/C14H20BrFN2O/c1-4-18(10-6-9-17(2)3)14(19)13-11(15)7-5-8-12(13)16/h5,7-8H,4,6,9-10H2,1-3H3. The van der Waals surface area contributed by atoms with Crippen molar-refractivity contribution in [2.24, 2.45) is 0 Å². The second-order valence-electron chi connectivity index (χ2n) is 4.64. The number of rotatable bonds is 6. The molecule has 0 spiro atoms.